The monoisotopic (exact) mass is 734 g/mol. The average Bonchev–Trinajstić information content (AvgIpc) is 2.99. The molecule has 0 spiro atoms. The molecule has 37 heavy (non-hydrogen) atoms. The number of benzene rings is 4. The van der Waals surface area contributed by atoms with E-state index in [1.54, 1.807) is 17.4 Å². The Bertz CT molecular complexity index is 1070. The SMILES string of the molecule is c1ccc([As]2CCCCCCCCC[As](c3ccccc3)[As](c3ccccc3)[As]2c2ccccc2)cc1. The Morgan fingerprint density at radius 1 is 0.297 bits per heavy atom. The molecular weight excluding hydrogens is 696 g/mol. The van der Waals surface area contributed by atoms with E-state index in [9.17, 15) is 0 Å². The summed E-state index contributed by atoms with van der Waals surface area (Å²) in [6, 6.07) is 48.0. The molecule has 0 aliphatic carbocycles. The molecular formula is C33H38As4. The number of hydrogen-bond donors (Lipinski definition) is 0. The van der Waals surface area contributed by atoms with Crippen molar-refractivity contribution in [3.63, 3.8) is 0 Å². The van der Waals surface area contributed by atoms with Crippen LogP contribution in [0.5, 0.6) is 0 Å². The van der Waals surface area contributed by atoms with Crippen molar-refractivity contribution in [1.29, 1.82) is 0 Å². The van der Waals surface area contributed by atoms with Gasteiger partial charge < -0.3 is 0 Å². The van der Waals surface area contributed by atoms with Crippen LogP contribution in [0.15, 0.2) is 121 Å². The van der Waals surface area contributed by atoms with Crippen LogP contribution in [-0.4, -0.2) is 46.2 Å². The van der Waals surface area contributed by atoms with Crippen LogP contribution < -0.4 is 17.4 Å². The summed E-state index contributed by atoms with van der Waals surface area (Å²) in [5.74, 6) is 0. The van der Waals surface area contributed by atoms with Crippen LogP contribution in [0.1, 0.15) is 44.9 Å². The third-order valence-electron chi connectivity index (χ3n) is 6.96. The first-order valence-corrected chi connectivity index (χ1v) is 35.8. The van der Waals surface area contributed by atoms with Gasteiger partial charge in [0.25, 0.3) is 0 Å². The Hall–Kier alpha value is -0.886. The third kappa shape index (κ3) is 7.61. The summed E-state index contributed by atoms with van der Waals surface area (Å²) in [7, 11) is -2.62. The van der Waals surface area contributed by atoms with Crippen molar-refractivity contribution in [2.45, 2.75) is 55.4 Å². The maximum absolute atomic E-state index is 2.56. The van der Waals surface area contributed by atoms with Crippen LogP contribution in [0.2, 0.25) is 10.4 Å². The van der Waals surface area contributed by atoms with Gasteiger partial charge in [0.05, 0.1) is 0 Å². The van der Waals surface area contributed by atoms with Gasteiger partial charge in [0, 0.05) is 0 Å². The standard InChI is InChI=1S/C33H38As4/c1-2-4-18-28-34(30-20-10-6-11-21-30)36(32-24-14-8-15-25-32)37(33-26-16-9-17-27-33)35(29-19-5-3-1)31-22-12-7-13-23-31/h6-17,20-27H,1-5,18-19,28-29H2. The van der Waals surface area contributed by atoms with Gasteiger partial charge >= 0.3 is 240 Å². The van der Waals surface area contributed by atoms with E-state index in [0.717, 1.165) is 0 Å². The zero-order valence-corrected chi connectivity index (χ0v) is 29.2. The summed E-state index contributed by atoms with van der Waals surface area (Å²) >= 11 is -2.47. The average molecular weight is 734 g/mol. The summed E-state index contributed by atoms with van der Waals surface area (Å²) in [5.41, 5.74) is 0. The topological polar surface area (TPSA) is 0 Å². The molecule has 4 atom stereocenters. The van der Waals surface area contributed by atoms with Gasteiger partial charge in [-0.05, 0) is 0 Å². The first-order chi connectivity index (χ1) is 18.4. The molecule has 0 radical (unpaired) electrons. The van der Waals surface area contributed by atoms with Crippen LogP contribution in [0, 0.1) is 0 Å². The number of rotatable bonds is 4. The molecule has 1 aliphatic heterocycles. The molecule has 5 rings (SSSR count). The van der Waals surface area contributed by atoms with Gasteiger partial charge in [-0.25, -0.2) is 0 Å². The van der Waals surface area contributed by atoms with Gasteiger partial charge in [-0.15, -0.1) is 0 Å². The fourth-order valence-corrected chi connectivity index (χ4v) is 167. The van der Waals surface area contributed by atoms with Crippen LogP contribution in [0.3, 0.4) is 0 Å². The zero-order valence-electron chi connectivity index (χ0n) is 21.7. The van der Waals surface area contributed by atoms with Crippen molar-refractivity contribution in [3.05, 3.63) is 121 Å². The Morgan fingerprint density at radius 2 is 0.568 bits per heavy atom. The van der Waals surface area contributed by atoms with Gasteiger partial charge in [-0.3, -0.25) is 0 Å². The van der Waals surface area contributed by atoms with E-state index in [-0.39, 0.29) is 0 Å². The molecule has 4 aromatic rings. The van der Waals surface area contributed by atoms with Gasteiger partial charge in [0.2, 0.25) is 0 Å². The van der Waals surface area contributed by atoms with E-state index in [4.69, 9.17) is 0 Å². The van der Waals surface area contributed by atoms with Crippen molar-refractivity contribution in [2.75, 3.05) is 0 Å². The molecule has 4 unspecified atom stereocenters. The molecule has 0 nitrogen and oxygen atoms in total. The van der Waals surface area contributed by atoms with Crippen LogP contribution >= 0.6 is 0 Å². The van der Waals surface area contributed by atoms with Crippen molar-refractivity contribution in [3.8, 4) is 0 Å². The molecule has 1 aliphatic rings. The molecule has 0 saturated carbocycles. The molecule has 190 valence electrons. The molecule has 4 heteroatoms. The predicted octanol–water partition coefficient (Wildman–Crippen LogP) is 5.57. The summed E-state index contributed by atoms with van der Waals surface area (Å²) in [5, 5.41) is 3.03. The molecule has 0 N–H and O–H groups in total. The second-order valence-corrected chi connectivity index (χ2v) is 65.1. The van der Waals surface area contributed by atoms with Gasteiger partial charge in [0.1, 0.15) is 0 Å². The van der Waals surface area contributed by atoms with Crippen LogP contribution in [0.25, 0.3) is 0 Å². The molecule has 1 heterocycles. The van der Waals surface area contributed by atoms with E-state index in [2.05, 4.69) is 121 Å². The Balaban J connectivity index is 1.71. The first kappa shape index (κ1) is 27.7. The fraction of sp³-hybridized carbons (Fsp3) is 0.273. The van der Waals surface area contributed by atoms with Gasteiger partial charge in [-0.1, -0.05) is 0 Å². The summed E-state index contributed by atoms with van der Waals surface area (Å²) in [6.45, 7) is 0. The van der Waals surface area contributed by atoms with Crippen molar-refractivity contribution in [2.24, 2.45) is 0 Å². The molecule has 0 aromatic heterocycles. The van der Waals surface area contributed by atoms with Gasteiger partial charge in [0.15, 0.2) is 0 Å². The minimum atomic E-state index is -1.31. The fourth-order valence-electron chi connectivity index (χ4n) is 5.10. The minimum absolute atomic E-state index is 1.23. The maximum atomic E-state index is 2.56. The first-order valence-electron chi connectivity index (χ1n) is 13.8. The van der Waals surface area contributed by atoms with Gasteiger partial charge in [-0.2, -0.15) is 0 Å². The third-order valence-corrected chi connectivity index (χ3v) is 116. The van der Waals surface area contributed by atoms with E-state index in [1.807, 2.05) is 0 Å². The van der Waals surface area contributed by atoms with Crippen molar-refractivity contribution < 1.29 is 0 Å². The van der Waals surface area contributed by atoms with Crippen LogP contribution in [0.4, 0.5) is 0 Å². The molecule has 4 aromatic carbocycles. The normalized spacial score (nSPS) is 23.8. The summed E-state index contributed by atoms with van der Waals surface area (Å²) in [4.78, 5) is 0. The Morgan fingerprint density at radius 3 is 0.892 bits per heavy atom. The van der Waals surface area contributed by atoms with Crippen LogP contribution in [-0.2, 0) is 0 Å². The summed E-state index contributed by atoms with van der Waals surface area (Å²) in [6.07, 6.45) is 10.1. The molecule has 1 saturated heterocycles. The van der Waals surface area contributed by atoms with E-state index >= 15 is 0 Å². The zero-order chi connectivity index (χ0) is 25.1. The van der Waals surface area contributed by atoms with Crippen molar-refractivity contribution in [1.82, 2.24) is 0 Å². The van der Waals surface area contributed by atoms with Crippen molar-refractivity contribution >= 4 is 63.6 Å². The Kier molecular flexibility index (Phi) is 11.3. The molecule has 0 amide bonds. The second-order valence-electron chi connectivity index (χ2n) is 9.64. The quantitative estimate of drug-likeness (QED) is 0.241. The van der Waals surface area contributed by atoms with E-state index in [0.29, 0.717) is 0 Å². The predicted molar refractivity (Wildman–Crippen MR) is 169 cm³/mol. The Labute approximate surface area is 238 Å². The van der Waals surface area contributed by atoms with E-state index < -0.39 is 46.2 Å². The summed E-state index contributed by atoms with van der Waals surface area (Å²) < 4.78 is 7.14. The second kappa shape index (κ2) is 15.0. The molecule has 0 bridgehead atoms. The molecule has 1 fully saturated rings. The van der Waals surface area contributed by atoms with E-state index in [1.165, 1.54) is 55.4 Å². The number of hydrogen-bond acceptors (Lipinski definition) is 0.